The molecule has 2 N–H and O–H groups in total. The maximum atomic E-state index is 9.04. The normalized spacial score (nSPS) is 15.7. The van der Waals surface area contributed by atoms with Crippen LogP contribution in [0.2, 0.25) is 0 Å². The van der Waals surface area contributed by atoms with Crippen molar-refractivity contribution in [3.05, 3.63) is 65.5 Å². The number of hydrogen-bond acceptors (Lipinski definition) is 6. The van der Waals surface area contributed by atoms with Crippen molar-refractivity contribution in [2.75, 3.05) is 31.9 Å². The number of anilines is 1. The van der Waals surface area contributed by atoms with Crippen molar-refractivity contribution in [1.82, 2.24) is 19.8 Å². The molecule has 1 aromatic heterocycles. The summed E-state index contributed by atoms with van der Waals surface area (Å²) in [6.07, 6.45) is 0. The van der Waals surface area contributed by atoms with Gasteiger partial charge in [-0.3, -0.25) is 9.80 Å². The lowest BCUT2D eigenvalue weighted by Crippen LogP contribution is -2.45. The van der Waals surface area contributed by atoms with E-state index in [9.17, 15) is 0 Å². The van der Waals surface area contributed by atoms with Gasteiger partial charge in [-0.25, -0.2) is 9.97 Å². The Morgan fingerprint density at radius 3 is 2.44 bits per heavy atom. The van der Waals surface area contributed by atoms with E-state index in [2.05, 4.69) is 31.9 Å². The Morgan fingerprint density at radius 1 is 0.926 bits per heavy atom. The summed E-state index contributed by atoms with van der Waals surface area (Å²) >= 11 is 0. The molecule has 27 heavy (non-hydrogen) atoms. The second-order valence-electron chi connectivity index (χ2n) is 6.91. The molecule has 1 aliphatic heterocycles. The lowest BCUT2D eigenvalue weighted by Gasteiger charge is -2.34. The van der Waals surface area contributed by atoms with Crippen molar-refractivity contribution in [3.63, 3.8) is 0 Å². The van der Waals surface area contributed by atoms with Gasteiger partial charge in [0, 0.05) is 38.1 Å². The molecule has 1 aliphatic rings. The average molecular weight is 358 g/mol. The van der Waals surface area contributed by atoms with Crippen LogP contribution < -0.4 is 5.73 Å². The van der Waals surface area contributed by atoms with Crippen molar-refractivity contribution in [2.24, 2.45) is 0 Å². The summed E-state index contributed by atoms with van der Waals surface area (Å²) in [5.41, 5.74) is 8.90. The fourth-order valence-corrected chi connectivity index (χ4v) is 3.52. The average Bonchev–Trinajstić information content (AvgIpc) is 2.70. The molecule has 0 bridgehead atoms. The maximum Gasteiger partial charge on any atom is 0.145 e. The number of benzene rings is 2. The van der Waals surface area contributed by atoms with E-state index in [-0.39, 0.29) is 0 Å². The third kappa shape index (κ3) is 4.05. The van der Waals surface area contributed by atoms with Gasteiger partial charge in [0.15, 0.2) is 0 Å². The van der Waals surface area contributed by atoms with Gasteiger partial charge in [0.1, 0.15) is 11.6 Å². The van der Waals surface area contributed by atoms with Crippen LogP contribution in [0.25, 0.3) is 10.9 Å². The third-order valence-corrected chi connectivity index (χ3v) is 4.97. The molecule has 6 heteroatoms. The first-order valence-electron chi connectivity index (χ1n) is 9.16. The SMILES string of the molecule is N#Cc1cccc(CN2CCN(Cc3nc(N)c4ccccc4n3)CC2)c1. The zero-order valence-electron chi connectivity index (χ0n) is 15.2. The Hall–Kier alpha value is -3.01. The number of hydrogen-bond donors (Lipinski definition) is 1. The lowest BCUT2D eigenvalue weighted by molar-refractivity contribution is 0.120. The molecule has 1 fully saturated rings. The van der Waals surface area contributed by atoms with Gasteiger partial charge >= 0.3 is 0 Å². The van der Waals surface area contributed by atoms with Crippen molar-refractivity contribution >= 4 is 16.7 Å². The molecule has 6 nitrogen and oxygen atoms in total. The van der Waals surface area contributed by atoms with Crippen LogP contribution >= 0.6 is 0 Å². The fraction of sp³-hybridized carbons (Fsp3) is 0.286. The van der Waals surface area contributed by atoms with Crippen molar-refractivity contribution in [2.45, 2.75) is 13.1 Å². The Bertz CT molecular complexity index is 985. The molecule has 1 saturated heterocycles. The number of para-hydroxylation sites is 1. The fourth-order valence-electron chi connectivity index (χ4n) is 3.52. The summed E-state index contributed by atoms with van der Waals surface area (Å²) in [6.45, 7) is 5.50. The molecule has 0 unspecified atom stereocenters. The van der Waals surface area contributed by atoms with Crippen molar-refractivity contribution in [1.29, 1.82) is 5.26 Å². The Morgan fingerprint density at radius 2 is 1.67 bits per heavy atom. The van der Waals surface area contributed by atoms with Gasteiger partial charge in [0.25, 0.3) is 0 Å². The highest BCUT2D eigenvalue weighted by Gasteiger charge is 2.18. The summed E-state index contributed by atoms with van der Waals surface area (Å²) in [5, 5.41) is 9.95. The maximum absolute atomic E-state index is 9.04. The van der Waals surface area contributed by atoms with E-state index in [0.29, 0.717) is 12.4 Å². The molecule has 0 amide bonds. The Kier molecular flexibility index (Phi) is 4.97. The molecule has 0 saturated carbocycles. The van der Waals surface area contributed by atoms with Gasteiger partial charge in [-0.1, -0.05) is 24.3 Å². The quantitative estimate of drug-likeness (QED) is 0.771. The van der Waals surface area contributed by atoms with Gasteiger partial charge in [0.05, 0.1) is 23.7 Å². The van der Waals surface area contributed by atoms with E-state index in [1.165, 1.54) is 5.56 Å². The van der Waals surface area contributed by atoms with Gasteiger partial charge in [-0.15, -0.1) is 0 Å². The highest BCUT2D eigenvalue weighted by molar-refractivity contribution is 5.87. The third-order valence-electron chi connectivity index (χ3n) is 4.97. The molecule has 0 spiro atoms. The second kappa shape index (κ2) is 7.70. The largest absolute Gasteiger partial charge is 0.383 e. The first-order valence-corrected chi connectivity index (χ1v) is 9.16. The number of fused-ring (bicyclic) bond motifs is 1. The van der Waals surface area contributed by atoms with Crippen LogP contribution in [0, 0.1) is 11.3 Å². The number of nitriles is 1. The Balaban J connectivity index is 1.36. The summed E-state index contributed by atoms with van der Waals surface area (Å²) in [5.74, 6) is 1.33. The van der Waals surface area contributed by atoms with Gasteiger partial charge in [-0.2, -0.15) is 5.26 Å². The summed E-state index contributed by atoms with van der Waals surface area (Å²) in [6, 6.07) is 17.9. The number of nitrogens with zero attached hydrogens (tertiary/aromatic N) is 5. The zero-order chi connectivity index (χ0) is 18.6. The van der Waals surface area contributed by atoms with Crippen LogP contribution in [0.15, 0.2) is 48.5 Å². The number of aromatic nitrogens is 2. The number of piperazine rings is 1. The molecule has 136 valence electrons. The van der Waals surface area contributed by atoms with E-state index in [1.807, 2.05) is 42.5 Å². The predicted octanol–water partition coefficient (Wildman–Crippen LogP) is 2.40. The minimum atomic E-state index is 0.548. The molecular formula is C21H22N6. The lowest BCUT2D eigenvalue weighted by atomic mass is 10.1. The monoisotopic (exact) mass is 358 g/mol. The number of nitrogens with two attached hydrogens (primary N) is 1. The second-order valence-corrected chi connectivity index (χ2v) is 6.91. The smallest absolute Gasteiger partial charge is 0.145 e. The molecule has 2 heterocycles. The number of rotatable bonds is 4. The zero-order valence-corrected chi connectivity index (χ0v) is 15.2. The Labute approximate surface area is 158 Å². The highest BCUT2D eigenvalue weighted by Crippen LogP contribution is 2.18. The van der Waals surface area contributed by atoms with Crippen LogP contribution in [-0.4, -0.2) is 45.9 Å². The van der Waals surface area contributed by atoms with E-state index in [0.717, 1.165) is 55.0 Å². The van der Waals surface area contributed by atoms with E-state index in [4.69, 9.17) is 11.0 Å². The molecular weight excluding hydrogens is 336 g/mol. The molecule has 0 atom stereocenters. The number of nitrogen functional groups attached to an aromatic ring is 1. The first-order chi connectivity index (χ1) is 13.2. The van der Waals surface area contributed by atoms with Crippen LogP contribution in [0.3, 0.4) is 0 Å². The first kappa shape index (κ1) is 17.4. The van der Waals surface area contributed by atoms with Crippen molar-refractivity contribution in [3.8, 4) is 6.07 Å². The van der Waals surface area contributed by atoms with Gasteiger partial charge in [0.2, 0.25) is 0 Å². The van der Waals surface area contributed by atoms with Crippen LogP contribution in [0.5, 0.6) is 0 Å². The standard InChI is InChI=1S/C21H22N6/c22-13-16-4-3-5-17(12-16)14-26-8-10-27(11-9-26)15-20-24-19-7-2-1-6-18(19)21(23)25-20/h1-7,12H,8-11,14-15H2,(H2,23,24,25). The predicted molar refractivity (Wildman–Crippen MR) is 106 cm³/mol. The van der Waals surface area contributed by atoms with Gasteiger partial charge < -0.3 is 5.73 Å². The van der Waals surface area contributed by atoms with Crippen LogP contribution in [-0.2, 0) is 13.1 Å². The minimum absolute atomic E-state index is 0.548. The molecule has 2 aromatic carbocycles. The van der Waals surface area contributed by atoms with E-state index >= 15 is 0 Å². The summed E-state index contributed by atoms with van der Waals surface area (Å²) in [4.78, 5) is 13.9. The molecule has 0 aliphatic carbocycles. The van der Waals surface area contributed by atoms with Gasteiger partial charge in [-0.05, 0) is 29.8 Å². The topological polar surface area (TPSA) is 82.1 Å². The minimum Gasteiger partial charge on any atom is -0.383 e. The molecule has 4 rings (SSSR count). The van der Waals surface area contributed by atoms with Crippen LogP contribution in [0.1, 0.15) is 17.0 Å². The van der Waals surface area contributed by atoms with Crippen molar-refractivity contribution < 1.29 is 0 Å². The van der Waals surface area contributed by atoms with E-state index < -0.39 is 0 Å². The highest BCUT2D eigenvalue weighted by atomic mass is 15.3. The van der Waals surface area contributed by atoms with E-state index in [1.54, 1.807) is 0 Å². The molecule has 3 aromatic rings. The van der Waals surface area contributed by atoms with Crippen LogP contribution in [0.4, 0.5) is 5.82 Å². The summed E-state index contributed by atoms with van der Waals surface area (Å²) < 4.78 is 0. The summed E-state index contributed by atoms with van der Waals surface area (Å²) in [7, 11) is 0. The molecule has 0 radical (unpaired) electrons.